The van der Waals surface area contributed by atoms with E-state index in [4.69, 9.17) is 0 Å². The molecule has 0 atom stereocenters. The molecule has 2 heterocycles. The first-order valence-corrected chi connectivity index (χ1v) is 8.54. The second-order valence-electron chi connectivity index (χ2n) is 5.64. The summed E-state index contributed by atoms with van der Waals surface area (Å²) in [5, 5.41) is 10.2. The molecule has 21 heavy (non-hydrogen) atoms. The summed E-state index contributed by atoms with van der Waals surface area (Å²) in [6.45, 7) is 1.87. The van der Waals surface area contributed by atoms with E-state index in [2.05, 4.69) is 32.9 Å². The molecule has 5 heteroatoms. The summed E-state index contributed by atoms with van der Waals surface area (Å²) < 4.78 is 2.42. The first-order valence-electron chi connectivity index (χ1n) is 7.55. The maximum atomic E-state index is 9.54. The average Bonchev–Trinajstić information content (AvgIpc) is 2.93. The first kappa shape index (κ1) is 14.4. The van der Waals surface area contributed by atoms with Gasteiger partial charge in [-0.3, -0.25) is 0 Å². The maximum absolute atomic E-state index is 9.54. The van der Waals surface area contributed by atoms with Crippen LogP contribution >= 0.6 is 11.8 Å². The van der Waals surface area contributed by atoms with Gasteiger partial charge in [0.2, 0.25) is 5.88 Å². The molecule has 3 rings (SSSR count). The highest BCUT2D eigenvalue weighted by molar-refractivity contribution is 7.98. The fourth-order valence-corrected chi connectivity index (χ4v) is 3.88. The smallest absolute Gasteiger partial charge is 0.215 e. The highest BCUT2D eigenvalue weighted by atomic mass is 32.2. The zero-order valence-corrected chi connectivity index (χ0v) is 13.1. The van der Waals surface area contributed by atoms with E-state index in [0.29, 0.717) is 11.2 Å². The molecule has 2 aromatic rings. The number of rotatable bonds is 4. The highest BCUT2D eigenvalue weighted by Gasteiger charge is 2.17. The molecule has 1 N–H and O–H groups in total. The topological polar surface area (TPSA) is 50.9 Å². The monoisotopic (exact) mass is 303 g/mol. The molecule has 0 saturated heterocycles. The molecule has 2 aromatic heterocycles. The van der Waals surface area contributed by atoms with Crippen molar-refractivity contribution < 1.29 is 5.11 Å². The number of aryl methyl sites for hydroxylation is 1. The van der Waals surface area contributed by atoms with Crippen molar-refractivity contribution in [2.75, 3.05) is 0 Å². The van der Waals surface area contributed by atoms with Crippen molar-refractivity contribution in [1.82, 2.24) is 14.5 Å². The van der Waals surface area contributed by atoms with Crippen LogP contribution in [0.5, 0.6) is 5.88 Å². The quantitative estimate of drug-likeness (QED) is 0.683. The van der Waals surface area contributed by atoms with Gasteiger partial charge < -0.3 is 9.67 Å². The number of thioether (sulfide) groups is 1. The van der Waals surface area contributed by atoms with Crippen molar-refractivity contribution in [1.29, 1.82) is 0 Å². The van der Waals surface area contributed by atoms with Gasteiger partial charge in [-0.25, -0.2) is 4.98 Å². The molecular formula is C16H21N3OS. The Morgan fingerprint density at radius 1 is 1.29 bits per heavy atom. The predicted molar refractivity (Wildman–Crippen MR) is 84.5 cm³/mol. The van der Waals surface area contributed by atoms with Crippen molar-refractivity contribution in [2.45, 2.75) is 56.0 Å². The lowest BCUT2D eigenvalue weighted by Gasteiger charge is -2.25. The lowest BCUT2D eigenvalue weighted by atomic mass is 9.95. The molecule has 0 spiro atoms. The number of aromatic nitrogens is 3. The standard InChI is InChI=1S/C16H21N3OS/c1-12-10-15(20)18-16(17-12)21-11-14-8-5-9-19(14)13-6-3-2-4-7-13/h5,8-10,13H,2-4,6-7,11H2,1H3,(H,17,18,20). The van der Waals surface area contributed by atoms with E-state index in [0.717, 1.165) is 11.4 Å². The fourth-order valence-electron chi connectivity index (χ4n) is 2.99. The van der Waals surface area contributed by atoms with E-state index in [-0.39, 0.29) is 5.88 Å². The number of aromatic hydroxyl groups is 1. The minimum Gasteiger partial charge on any atom is -0.493 e. The minimum atomic E-state index is 0.0488. The van der Waals surface area contributed by atoms with Crippen molar-refractivity contribution >= 4 is 11.8 Å². The van der Waals surface area contributed by atoms with Crippen LogP contribution in [-0.2, 0) is 5.75 Å². The summed E-state index contributed by atoms with van der Waals surface area (Å²) in [7, 11) is 0. The molecule has 0 aromatic carbocycles. The molecule has 0 radical (unpaired) electrons. The van der Waals surface area contributed by atoms with Crippen LogP contribution in [0.25, 0.3) is 0 Å². The summed E-state index contributed by atoms with van der Waals surface area (Å²) in [5.74, 6) is 0.888. The third-order valence-corrected chi connectivity index (χ3v) is 4.89. The lowest BCUT2D eigenvalue weighted by Crippen LogP contribution is -2.13. The predicted octanol–water partition coefficient (Wildman–Crippen LogP) is 4.09. The van der Waals surface area contributed by atoms with Crippen LogP contribution < -0.4 is 0 Å². The van der Waals surface area contributed by atoms with Gasteiger partial charge in [0.05, 0.1) is 0 Å². The van der Waals surface area contributed by atoms with Crippen molar-refractivity contribution in [2.24, 2.45) is 0 Å². The van der Waals surface area contributed by atoms with Gasteiger partial charge in [-0.05, 0) is 31.9 Å². The van der Waals surface area contributed by atoms with E-state index >= 15 is 0 Å². The van der Waals surface area contributed by atoms with E-state index in [1.165, 1.54) is 37.8 Å². The normalized spacial score (nSPS) is 16.2. The van der Waals surface area contributed by atoms with Crippen molar-refractivity contribution in [3.05, 3.63) is 35.8 Å². The van der Waals surface area contributed by atoms with E-state index in [1.54, 1.807) is 17.8 Å². The lowest BCUT2D eigenvalue weighted by molar-refractivity contribution is 0.349. The molecule has 0 amide bonds. The molecule has 1 fully saturated rings. The average molecular weight is 303 g/mol. The molecule has 1 saturated carbocycles. The Balaban J connectivity index is 1.69. The second kappa shape index (κ2) is 6.52. The highest BCUT2D eigenvalue weighted by Crippen LogP contribution is 2.31. The Hall–Kier alpha value is -1.49. The molecule has 0 aliphatic heterocycles. The molecule has 0 bridgehead atoms. The largest absolute Gasteiger partial charge is 0.493 e. The molecular weight excluding hydrogens is 282 g/mol. The van der Waals surface area contributed by atoms with Gasteiger partial charge in [-0.1, -0.05) is 31.0 Å². The number of hydrogen-bond donors (Lipinski definition) is 1. The molecule has 0 unspecified atom stereocenters. The van der Waals surface area contributed by atoms with Gasteiger partial charge in [0.25, 0.3) is 0 Å². The Labute approximate surface area is 129 Å². The van der Waals surface area contributed by atoms with Crippen LogP contribution in [0.15, 0.2) is 29.6 Å². The molecule has 1 aliphatic rings. The van der Waals surface area contributed by atoms with Crippen molar-refractivity contribution in [3.8, 4) is 5.88 Å². The summed E-state index contributed by atoms with van der Waals surface area (Å²) in [4.78, 5) is 8.43. The Kier molecular flexibility index (Phi) is 4.48. The zero-order chi connectivity index (χ0) is 14.7. The summed E-state index contributed by atoms with van der Waals surface area (Å²) in [5.41, 5.74) is 2.11. The van der Waals surface area contributed by atoms with Gasteiger partial charge in [-0.2, -0.15) is 4.98 Å². The van der Waals surface area contributed by atoms with E-state index in [9.17, 15) is 5.11 Å². The van der Waals surface area contributed by atoms with Crippen LogP contribution in [0.2, 0.25) is 0 Å². The Morgan fingerprint density at radius 2 is 2.10 bits per heavy atom. The first-order chi connectivity index (χ1) is 10.2. The van der Waals surface area contributed by atoms with Crippen LogP contribution in [0.3, 0.4) is 0 Å². The summed E-state index contributed by atoms with van der Waals surface area (Å²) >= 11 is 1.58. The van der Waals surface area contributed by atoms with Gasteiger partial charge in [0.15, 0.2) is 5.16 Å². The van der Waals surface area contributed by atoms with Crippen LogP contribution in [0, 0.1) is 6.92 Å². The fraction of sp³-hybridized carbons (Fsp3) is 0.500. The Morgan fingerprint density at radius 3 is 2.86 bits per heavy atom. The zero-order valence-electron chi connectivity index (χ0n) is 12.3. The van der Waals surface area contributed by atoms with Crippen LogP contribution in [-0.4, -0.2) is 19.6 Å². The van der Waals surface area contributed by atoms with Gasteiger partial charge in [0.1, 0.15) is 0 Å². The number of hydrogen-bond acceptors (Lipinski definition) is 4. The van der Waals surface area contributed by atoms with Gasteiger partial charge >= 0.3 is 0 Å². The Bertz CT molecular complexity index is 585. The molecule has 112 valence electrons. The second-order valence-corrected chi connectivity index (χ2v) is 6.58. The summed E-state index contributed by atoms with van der Waals surface area (Å²) in [6, 6.07) is 6.53. The van der Waals surface area contributed by atoms with Gasteiger partial charge in [-0.15, -0.1) is 0 Å². The van der Waals surface area contributed by atoms with Crippen molar-refractivity contribution in [3.63, 3.8) is 0 Å². The minimum absolute atomic E-state index is 0.0488. The summed E-state index contributed by atoms with van der Waals surface area (Å²) in [6.07, 6.45) is 8.81. The van der Waals surface area contributed by atoms with Gasteiger partial charge in [0, 0.05) is 35.4 Å². The third kappa shape index (κ3) is 3.59. The van der Waals surface area contributed by atoms with E-state index < -0.39 is 0 Å². The van der Waals surface area contributed by atoms with Crippen LogP contribution in [0.4, 0.5) is 0 Å². The van der Waals surface area contributed by atoms with Crippen LogP contribution in [0.1, 0.15) is 49.5 Å². The molecule has 1 aliphatic carbocycles. The maximum Gasteiger partial charge on any atom is 0.215 e. The third-order valence-electron chi connectivity index (χ3n) is 4.00. The van der Waals surface area contributed by atoms with E-state index in [1.807, 2.05) is 6.92 Å². The SMILES string of the molecule is Cc1cc(O)nc(SCc2cccn2C2CCCCC2)n1. The number of nitrogens with zero attached hydrogens (tertiary/aromatic N) is 3. The molecule has 4 nitrogen and oxygen atoms in total.